The fourth-order valence-electron chi connectivity index (χ4n) is 3.79. The van der Waals surface area contributed by atoms with Gasteiger partial charge in [-0.2, -0.15) is 11.8 Å². The summed E-state index contributed by atoms with van der Waals surface area (Å²) in [6.45, 7) is 0.280. The molecule has 0 saturated carbocycles. The van der Waals surface area contributed by atoms with Crippen molar-refractivity contribution in [3.63, 3.8) is 0 Å². The average molecular weight is 512 g/mol. The third-order valence-electron chi connectivity index (χ3n) is 5.70. The first-order valence-corrected chi connectivity index (χ1v) is 12.7. The Bertz CT molecular complexity index is 897. The number of hydrogen-bond acceptors (Lipinski definition) is 8. The summed E-state index contributed by atoms with van der Waals surface area (Å²) < 4.78 is 0. The summed E-state index contributed by atoms with van der Waals surface area (Å²) in [5, 5.41) is 14.6. The first-order valence-electron chi connectivity index (χ1n) is 11.3. The number of nitrogens with two attached hydrogens (primary N) is 2. The van der Waals surface area contributed by atoms with E-state index in [0.29, 0.717) is 24.3 Å². The average Bonchev–Trinajstić information content (AvgIpc) is 3.51. The molecule has 1 aromatic heterocycles. The summed E-state index contributed by atoms with van der Waals surface area (Å²) in [6, 6.07) is -4.02. The van der Waals surface area contributed by atoms with Gasteiger partial charge in [0.2, 0.25) is 23.6 Å². The molecule has 1 saturated heterocycles. The molecule has 4 atom stereocenters. The third-order valence-corrected chi connectivity index (χ3v) is 6.34. The number of rotatable bonds is 14. The van der Waals surface area contributed by atoms with Gasteiger partial charge in [0, 0.05) is 31.3 Å². The Hall–Kier alpha value is -3.13. The van der Waals surface area contributed by atoms with Crippen LogP contribution in [0.15, 0.2) is 12.5 Å². The number of nitrogens with zero attached hydrogens (tertiary/aromatic N) is 2. The molecular weight excluding hydrogens is 478 g/mol. The number of likely N-dealkylation sites (tertiary alicyclic amines) is 1. The van der Waals surface area contributed by atoms with E-state index in [0.717, 1.165) is 0 Å². The zero-order valence-corrected chi connectivity index (χ0v) is 20.4. The van der Waals surface area contributed by atoms with Gasteiger partial charge < -0.3 is 37.1 Å². The summed E-state index contributed by atoms with van der Waals surface area (Å²) in [4.78, 5) is 69.7. The van der Waals surface area contributed by atoms with E-state index in [1.165, 1.54) is 29.2 Å². The van der Waals surface area contributed by atoms with Gasteiger partial charge >= 0.3 is 5.97 Å². The van der Waals surface area contributed by atoms with E-state index >= 15 is 0 Å². The van der Waals surface area contributed by atoms with Crippen LogP contribution < -0.4 is 22.1 Å². The number of carboxylic acid groups (broad SMARTS) is 1. The maximum Gasteiger partial charge on any atom is 0.326 e. The maximum absolute atomic E-state index is 13.5. The molecule has 1 aromatic rings. The summed E-state index contributed by atoms with van der Waals surface area (Å²) in [5.74, 6) is -2.86. The third kappa shape index (κ3) is 8.55. The van der Waals surface area contributed by atoms with Crippen LogP contribution in [-0.2, 0) is 30.4 Å². The number of amides is 4. The van der Waals surface area contributed by atoms with E-state index in [4.69, 9.17) is 11.5 Å². The largest absolute Gasteiger partial charge is 0.480 e. The van der Waals surface area contributed by atoms with Crippen molar-refractivity contribution in [3.8, 4) is 0 Å². The highest BCUT2D eigenvalue weighted by Crippen LogP contribution is 2.20. The Morgan fingerprint density at radius 2 is 2.00 bits per heavy atom. The zero-order valence-electron chi connectivity index (χ0n) is 19.6. The van der Waals surface area contributed by atoms with Crippen molar-refractivity contribution in [1.29, 1.82) is 0 Å². The highest BCUT2D eigenvalue weighted by molar-refractivity contribution is 7.98. The number of aromatic amines is 1. The van der Waals surface area contributed by atoms with E-state index in [9.17, 15) is 29.1 Å². The molecule has 194 valence electrons. The fraction of sp³-hybridized carbons (Fsp3) is 0.619. The van der Waals surface area contributed by atoms with E-state index in [-0.39, 0.29) is 32.2 Å². The number of nitrogens with one attached hydrogen (secondary N) is 3. The van der Waals surface area contributed by atoms with Crippen LogP contribution in [0.25, 0.3) is 0 Å². The number of hydrogen-bond donors (Lipinski definition) is 6. The van der Waals surface area contributed by atoms with E-state index in [1.807, 2.05) is 6.26 Å². The van der Waals surface area contributed by atoms with Gasteiger partial charge in [0.15, 0.2) is 0 Å². The van der Waals surface area contributed by atoms with Crippen LogP contribution in [0.5, 0.6) is 0 Å². The Morgan fingerprint density at radius 1 is 1.26 bits per heavy atom. The Morgan fingerprint density at radius 3 is 2.60 bits per heavy atom. The number of H-pyrrole nitrogens is 1. The fourth-order valence-corrected chi connectivity index (χ4v) is 4.26. The molecule has 13 nitrogen and oxygen atoms in total. The number of thioether (sulfide) groups is 1. The van der Waals surface area contributed by atoms with Crippen molar-refractivity contribution in [1.82, 2.24) is 25.5 Å². The maximum atomic E-state index is 13.5. The second-order valence-corrected chi connectivity index (χ2v) is 9.31. The smallest absolute Gasteiger partial charge is 0.326 e. The normalized spacial score (nSPS) is 17.9. The first-order chi connectivity index (χ1) is 16.6. The second kappa shape index (κ2) is 13.7. The van der Waals surface area contributed by atoms with Crippen LogP contribution in [-0.4, -0.2) is 92.3 Å². The van der Waals surface area contributed by atoms with E-state index < -0.39 is 53.8 Å². The molecule has 14 heteroatoms. The van der Waals surface area contributed by atoms with Crippen molar-refractivity contribution >= 4 is 41.4 Å². The van der Waals surface area contributed by atoms with Gasteiger partial charge in [0.1, 0.15) is 18.1 Å². The zero-order chi connectivity index (χ0) is 26.0. The molecule has 1 aliphatic heterocycles. The lowest BCUT2D eigenvalue weighted by atomic mass is 10.1. The number of imidazole rings is 1. The number of carbonyl (C=O) groups is 5. The molecule has 1 fully saturated rings. The molecule has 0 bridgehead atoms. The SMILES string of the molecule is CSCCC(NC(=O)C1CCCN1C(=O)C(Cc1cnc[nH]1)NC(=O)C(N)CCC(N)=O)C(=O)O. The van der Waals surface area contributed by atoms with Crippen LogP contribution >= 0.6 is 11.8 Å². The van der Waals surface area contributed by atoms with Gasteiger partial charge in [-0.1, -0.05) is 0 Å². The molecule has 4 unspecified atom stereocenters. The first kappa shape index (κ1) is 28.1. The second-order valence-electron chi connectivity index (χ2n) is 8.32. The Labute approximate surface area is 207 Å². The monoisotopic (exact) mass is 511 g/mol. The minimum atomic E-state index is -1.14. The van der Waals surface area contributed by atoms with Crippen LogP contribution in [0.2, 0.25) is 0 Å². The van der Waals surface area contributed by atoms with Gasteiger partial charge in [-0.25, -0.2) is 9.78 Å². The lowest BCUT2D eigenvalue weighted by Gasteiger charge is -2.30. The predicted molar refractivity (Wildman–Crippen MR) is 128 cm³/mol. The standard InChI is InChI=1S/C21H33N7O6S/c1-35-8-6-14(21(33)34)26-19(31)16-3-2-7-28(16)20(32)15(9-12-10-24-11-25-12)27-18(30)13(22)4-5-17(23)29/h10-11,13-16H,2-9,22H2,1H3,(H2,23,29)(H,24,25)(H,26,31)(H,27,30)(H,33,34). The van der Waals surface area contributed by atoms with Crippen LogP contribution in [0.3, 0.4) is 0 Å². The van der Waals surface area contributed by atoms with Crippen molar-refractivity contribution in [2.45, 2.75) is 62.7 Å². The Balaban J connectivity index is 2.14. The quantitative estimate of drug-likeness (QED) is 0.168. The predicted octanol–water partition coefficient (Wildman–Crippen LogP) is -1.66. The van der Waals surface area contributed by atoms with E-state index in [2.05, 4.69) is 20.6 Å². The number of aromatic nitrogens is 2. The molecule has 35 heavy (non-hydrogen) atoms. The van der Waals surface area contributed by atoms with Gasteiger partial charge in [-0.05, 0) is 37.7 Å². The minimum absolute atomic E-state index is 0.0213. The van der Waals surface area contributed by atoms with Crippen molar-refractivity contribution < 1.29 is 29.1 Å². The molecule has 0 aromatic carbocycles. The van der Waals surface area contributed by atoms with Gasteiger partial charge in [0.25, 0.3) is 0 Å². The number of aliphatic carboxylic acids is 1. The minimum Gasteiger partial charge on any atom is -0.480 e. The molecule has 8 N–H and O–H groups in total. The van der Waals surface area contributed by atoms with Crippen LogP contribution in [0, 0.1) is 0 Å². The van der Waals surface area contributed by atoms with E-state index in [1.54, 1.807) is 0 Å². The van der Waals surface area contributed by atoms with Crippen molar-refractivity contribution in [2.24, 2.45) is 11.5 Å². The molecule has 0 radical (unpaired) electrons. The highest BCUT2D eigenvalue weighted by atomic mass is 32.2. The molecule has 2 rings (SSSR count). The molecule has 0 aliphatic carbocycles. The summed E-state index contributed by atoms with van der Waals surface area (Å²) >= 11 is 1.47. The lowest BCUT2D eigenvalue weighted by molar-refractivity contribution is -0.145. The van der Waals surface area contributed by atoms with Gasteiger partial charge in [-0.15, -0.1) is 0 Å². The number of carboxylic acids is 1. The van der Waals surface area contributed by atoms with Crippen LogP contribution in [0.4, 0.5) is 0 Å². The van der Waals surface area contributed by atoms with Gasteiger partial charge in [0.05, 0.1) is 12.4 Å². The number of primary amides is 1. The van der Waals surface area contributed by atoms with Crippen molar-refractivity contribution in [3.05, 3.63) is 18.2 Å². The molecule has 1 aliphatic rings. The topological polar surface area (TPSA) is 214 Å². The Kier molecular flexibility index (Phi) is 11.0. The molecule has 0 spiro atoms. The van der Waals surface area contributed by atoms with Gasteiger partial charge in [-0.3, -0.25) is 19.2 Å². The van der Waals surface area contributed by atoms with Crippen LogP contribution in [0.1, 0.15) is 37.8 Å². The van der Waals surface area contributed by atoms with Crippen molar-refractivity contribution in [2.75, 3.05) is 18.6 Å². The molecular formula is C21H33N7O6S. The summed E-state index contributed by atoms with van der Waals surface area (Å²) in [5.41, 5.74) is 11.5. The summed E-state index contributed by atoms with van der Waals surface area (Å²) in [7, 11) is 0. The highest BCUT2D eigenvalue weighted by Gasteiger charge is 2.39. The molecule has 2 heterocycles. The molecule has 4 amide bonds. The lowest BCUT2D eigenvalue weighted by Crippen LogP contribution is -2.57. The summed E-state index contributed by atoms with van der Waals surface area (Å²) in [6.07, 6.45) is 5.97. The number of carbonyl (C=O) groups excluding carboxylic acids is 4.